The number of anilines is 1. The molecule has 3 nitrogen and oxygen atoms in total. The fourth-order valence-electron chi connectivity index (χ4n) is 1.91. The summed E-state index contributed by atoms with van der Waals surface area (Å²) in [6.07, 6.45) is 0.946. The summed E-state index contributed by atoms with van der Waals surface area (Å²) in [5.41, 5.74) is 9.46. The van der Waals surface area contributed by atoms with E-state index in [1.165, 1.54) is 11.6 Å². The molecular weight excluding hydrogens is 226 g/mol. The number of carbonyl (C=O) groups is 1. The number of hydrogen-bond acceptors (Lipinski definition) is 2. The van der Waals surface area contributed by atoms with Crippen molar-refractivity contribution in [2.24, 2.45) is 0 Å². The fraction of sp³-hybridized carbons (Fsp3) is 0.133. The fourth-order valence-corrected chi connectivity index (χ4v) is 1.91. The van der Waals surface area contributed by atoms with Crippen LogP contribution >= 0.6 is 0 Å². The number of carboxylic acid groups (broad SMARTS) is 1. The Labute approximate surface area is 106 Å². The Kier molecular flexibility index (Phi) is 3.33. The van der Waals surface area contributed by atoms with E-state index in [1.807, 2.05) is 18.2 Å². The Morgan fingerprint density at radius 3 is 2.61 bits per heavy atom. The van der Waals surface area contributed by atoms with Crippen molar-refractivity contribution >= 4 is 11.7 Å². The van der Waals surface area contributed by atoms with Gasteiger partial charge in [-0.3, -0.25) is 0 Å². The first-order valence-corrected chi connectivity index (χ1v) is 5.83. The van der Waals surface area contributed by atoms with Crippen molar-refractivity contribution < 1.29 is 9.90 Å². The molecule has 18 heavy (non-hydrogen) atoms. The molecule has 0 aliphatic heterocycles. The number of rotatable bonds is 3. The summed E-state index contributed by atoms with van der Waals surface area (Å²) >= 11 is 0. The first kappa shape index (κ1) is 12.2. The van der Waals surface area contributed by atoms with Crippen LogP contribution in [0.2, 0.25) is 0 Å². The second-order valence-corrected chi connectivity index (χ2v) is 4.20. The zero-order chi connectivity index (χ0) is 13.1. The molecule has 0 aliphatic carbocycles. The maximum absolute atomic E-state index is 11.0. The number of benzene rings is 2. The lowest BCUT2D eigenvalue weighted by Crippen LogP contribution is -1.98. The first-order valence-electron chi connectivity index (χ1n) is 5.83. The normalized spacial score (nSPS) is 10.3. The Morgan fingerprint density at radius 2 is 1.94 bits per heavy atom. The van der Waals surface area contributed by atoms with Crippen LogP contribution in [0, 0.1) is 0 Å². The van der Waals surface area contributed by atoms with Crippen LogP contribution in [0.5, 0.6) is 0 Å². The van der Waals surface area contributed by atoms with Gasteiger partial charge in [0.05, 0.1) is 5.56 Å². The molecule has 0 aromatic heterocycles. The minimum atomic E-state index is -0.963. The standard InChI is InChI=1S/C15H15NO2/c1-2-10-4-3-5-11(6-10)12-7-13(15(17)18)9-14(16)8-12/h3-9H,2,16H2,1H3,(H,17,18). The Hall–Kier alpha value is -2.29. The highest BCUT2D eigenvalue weighted by Gasteiger charge is 2.07. The lowest BCUT2D eigenvalue weighted by molar-refractivity contribution is 0.0697. The number of nitrogen functional groups attached to an aromatic ring is 1. The number of aryl methyl sites for hydroxylation is 1. The van der Waals surface area contributed by atoms with Crippen LogP contribution in [0.15, 0.2) is 42.5 Å². The van der Waals surface area contributed by atoms with E-state index in [4.69, 9.17) is 10.8 Å². The van der Waals surface area contributed by atoms with Crippen molar-refractivity contribution in [3.63, 3.8) is 0 Å². The van der Waals surface area contributed by atoms with Gasteiger partial charge < -0.3 is 10.8 Å². The largest absolute Gasteiger partial charge is 0.478 e. The lowest BCUT2D eigenvalue weighted by Gasteiger charge is -2.07. The zero-order valence-electron chi connectivity index (χ0n) is 10.2. The second kappa shape index (κ2) is 4.92. The lowest BCUT2D eigenvalue weighted by atomic mass is 9.99. The van der Waals surface area contributed by atoms with Gasteiger partial charge >= 0.3 is 5.97 Å². The predicted octanol–water partition coefficient (Wildman–Crippen LogP) is 3.20. The Balaban J connectivity index is 2.52. The van der Waals surface area contributed by atoms with Crippen molar-refractivity contribution in [3.8, 4) is 11.1 Å². The number of aromatic carboxylic acids is 1. The van der Waals surface area contributed by atoms with Gasteiger partial charge in [0.1, 0.15) is 0 Å². The van der Waals surface area contributed by atoms with Crippen LogP contribution in [0.25, 0.3) is 11.1 Å². The van der Waals surface area contributed by atoms with Gasteiger partial charge in [-0.15, -0.1) is 0 Å². The van der Waals surface area contributed by atoms with Gasteiger partial charge in [-0.25, -0.2) is 4.79 Å². The van der Waals surface area contributed by atoms with Crippen LogP contribution in [0.3, 0.4) is 0 Å². The molecule has 0 spiro atoms. The SMILES string of the molecule is CCc1cccc(-c2cc(N)cc(C(=O)O)c2)c1. The van der Waals surface area contributed by atoms with E-state index in [9.17, 15) is 4.79 Å². The third kappa shape index (κ3) is 2.51. The predicted molar refractivity (Wildman–Crippen MR) is 72.6 cm³/mol. The molecule has 0 bridgehead atoms. The highest BCUT2D eigenvalue weighted by atomic mass is 16.4. The molecule has 92 valence electrons. The molecule has 0 radical (unpaired) electrons. The molecule has 3 heteroatoms. The van der Waals surface area contributed by atoms with Crippen molar-refractivity contribution in [1.29, 1.82) is 0 Å². The molecule has 0 unspecified atom stereocenters. The van der Waals surface area contributed by atoms with E-state index in [0.717, 1.165) is 17.5 Å². The van der Waals surface area contributed by atoms with Gasteiger partial charge in [-0.1, -0.05) is 31.2 Å². The van der Waals surface area contributed by atoms with E-state index < -0.39 is 5.97 Å². The van der Waals surface area contributed by atoms with Gasteiger partial charge in [0.15, 0.2) is 0 Å². The van der Waals surface area contributed by atoms with Crippen molar-refractivity contribution in [3.05, 3.63) is 53.6 Å². The summed E-state index contributed by atoms with van der Waals surface area (Å²) in [5.74, 6) is -0.963. The highest BCUT2D eigenvalue weighted by molar-refractivity contribution is 5.91. The van der Waals surface area contributed by atoms with E-state index in [0.29, 0.717) is 5.69 Å². The zero-order valence-corrected chi connectivity index (χ0v) is 10.2. The molecule has 2 aromatic rings. The monoisotopic (exact) mass is 241 g/mol. The van der Waals surface area contributed by atoms with Gasteiger partial charge in [-0.2, -0.15) is 0 Å². The third-order valence-electron chi connectivity index (χ3n) is 2.87. The third-order valence-corrected chi connectivity index (χ3v) is 2.87. The molecule has 3 N–H and O–H groups in total. The van der Waals surface area contributed by atoms with E-state index in [2.05, 4.69) is 13.0 Å². The second-order valence-electron chi connectivity index (χ2n) is 4.20. The smallest absolute Gasteiger partial charge is 0.335 e. The minimum absolute atomic E-state index is 0.215. The van der Waals surface area contributed by atoms with Crippen LogP contribution in [-0.2, 0) is 6.42 Å². The first-order chi connectivity index (χ1) is 8.60. The average molecular weight is 241 g/mol. The summed E-state index contributed by atoms with van der Waals surface area (Å²) in [7, 11) is 0. The molecule has 0 fully saturated rings. The number of nitrogens with two attached hydrogens (primary N) is 1. The maximum atomic E-state index is 11.0. The molecule has 2 rings (SSSR count). The quantitative estimate of drug-likeness (QED) is 0.811. The van der Waals surface area contributed by atoms with Crippen molar-refractivity contribution in [1.82, 2.24) is 0 Å². The van der Waals surface area contributed by atoms with Crippen LogP contribution < -0.4 is 5.73 Å². The molecule has 0 saturated heterocycles. The summed E-state index contributed by atoms with van der Waals surface area (Å²) in [5, 5.41) is 9.03. The summed E-state index contributed by atoms with van der Waals surface area (Å²) < 4.78 is 0. The van der Waals surface area contributed by atoms with Gasteiger partial charge in [0, 0.05) is 5.69 Å². The molecule has 0 amide bonds. The van der Waals surface area contributed by atoms with Crippen LogP contribution in [0.1, 0.15) is 22.8 Å². The Morgan fingerprint density at radius 1 is 1.17 bits per heavy atom. The topological polar surface area (TPSA) is 63.3 Å². The van der Waals surface area contributed by atoms with Crippen LogP contribution in [0.4, 0.5) is 5.69 Å². The Bertz CT molecular complexity index is 591. The molecular formula is C15H15NO2. The summed E-state index contributed by atoms with van der Waals surface area (Å²) in [6.45, 7) is 2.08. The van der Waals surface area contributed by atoms with Gasteiger partial charge in [-0.05, 0) is 41.3 Å². The van der Waals surface area contributed by atoms with E-state index >= 15 is 0 Å². The molecule has 0 aliphatic rings. The minimum Gasteiger partial charge on any atom is -0.478 e. The van der Waals surface area contributed by atoms with E-state index in [1.54, 1.807) is 12.1 Å². The number of carboxylic acids is 1. The van der Waals surface area contributed by atoms with Crippen molar-refractivity contribution in [2.75, 3.05) is 5.73 Å². The number of hydrogen-bond donors (Lipinski definition) is 2. The highest BCUT2D eigenvalue weighted by Crippen LogP contribution is 2.24. The molecule has 2 aromatic carbocycles. The van der Waals surface area contributed by atoms with Gasteiger partial charge in [0.2, 0.25) is 0 Å². The summed E-state index contributed by atoms with van der Waals surface area (Å²) in [6, 6.07) is 12.9. The summed E-state index contributed by atoms with van der Waals surface area (Å²) in [4.78, 5) is 11.0. The van der Waals surface area contributed by atoms with E-state index in [-0.39, 0.29) is 5.56 Å². The molecule has 0 atom stereocenters. The van der Waals surface area contributed by atoms with Crippen molar-refractivity contribution in [2.45, 2.75) is 13.3 Å². The van der Waals surface area contributed by atoms with Gasteiger partial charge in [0.25, 0.3) is 0 Å². The maximum Gasteiger partial charge on any atom is 0.335 e. The molecule has 0 saturated carbocycles. The van der Waals surface area contributed by atoms with Crippen LogP contribution in [-0.4, -0.2) is 11.1 Å². The average Bonchev–Trinajstić information content (AvgIpc) is 2.38. The molecule has 0 heterocycles.